The van der Waals surface area contributed by atoms with Crippen LogP contribution in [0.25, 0.3) is 0 Å². The quantitative estimate of drug-likeness (QED) is 0.876. The summed E-state index contributed by atoms with van der Waals surface area (Å²) < 4.78 is 29.8. The normalized spacial score (nSPS) is 18.4. The first-order valence-electron chi connectivity index (χ1n) is 7.98. The van der Waals surface area contributed by atoms with Crippen molar-refractivity contribution >= 4 is 10.0 Å². The van der Waals surface area contributed by atoms with E-state index in [0.717, 1.165) is 37.9 Å². The molecule has 0 saturated heterocycles. The Kier molecular flexibility index (Phi) is 5.84. The maximum Gasteiger partial charge on any atom is 0.242 e. The first-order chi connectivity index (χ1) is 10.1. The van der Waals surface area contributed by atoms with E-state index >= 15 is 0 Å². The van der Waals surface area contributed by atoms with Crippen LogP contribution < -0.4 is 10.5 Å². The van der Waals surface area contributed by atoms with E-state index in [9.17, 15) is 8.42 Å². The van der Waals surface area contributed by atoms with Gasteiger partial charge >= 0.3 is 0 Å². The van der Waals surface area contributed by atoms with E-state index in [1.54, 1.807) is 12.3 Å². The SMILES string of the molecule is CCn1cc(S(=O)(=O)NC2CCCCCCC2)cc1CN. The molecule has 5 nitrogen and oxygen atoms in total. The molecule has 0 aromatic carbocycles. The molecule has 2 rings (SSSR count). The fourth-order valence-corrected chi connectivity index (χ4v) is 4.37. The second-order valence-electron chi connectivity index (χ2n) is 5.82. The first kappa shape index (κ1) is 16.5. The summed E-state index contributed by atoms with van der Waals surface area (Å²) in [6.07, 6.45) is 9.49. The van der Waals surface area contributed by atoms with E-state index in [-0.39, 0.29) is 6.04 Å². The molecule has 1 fully saturated rings. The number of aromatic nitrogens is 1. The zero-order valence-electron chi connectivity index (χ0n) is 12.8. The minimum atomic E-state index is -3.44. The molecule has 1 aliphatic carbocycles. The van der Waals surface area contributed by atoms with Crippen LogP contribution in [0, 0.1) is 0 Å². The van der Waals surface area contributed by atoms with E-state index < -0.39 is 10.0 Å². The molecule has 0 unspecified atom stereocenters. The fraction of sp³-hybridized carbons (Fsp3) is 0.733. The molecule has 3 N–H and O–H groups in total. The van der Waals surface area contributed by atoms with Gasteiger partial charge in [0.2, 0.25) is 10.0 Å². The lowest BCUT2D eigenvalue weighted by atomic mass is 9.97. The molecule has 1 saturated carbocycles. The number of nitrogens with one attached hydrogen (secondary N) is 1. The Hall–Kier alpha value is -0.850. The summed E-state index contributed by atoms with van der Waals surface area (Å²) in [6.45, 7) is 3.07. The van der Waals surface area contributed by atoms with Crippen LogP contribution in [-0.4, -0.2) is 19.0 Å². The van der Waals surface area contributed by atoms with Crippen LogP contribution in [0.4, 0.5) is 0 Å². The van der Waals surface area contributed by atoms with Crippen molar-refractivity contribution in [1.82, 2.24) is 9.29 Å². The first-order valence-corrected chi connectivity index (χ1v) is 9.46. The third-order valence-corrected chi connectivity index (χ3v) is 5.74. The van der Waals surface area contributed by atoms with Crippen molar-refractivity contribution in [2.24, 2.45) is 5.73 Å². The van der Waals surface area contributed by atoms with Gasteiger partial charge in [0, 0.05) is 31.0 Å². The van der Waals surface area contributed by atoms with Crippen molar-refractivity contribution in [3.05, 3.63) is 18.0 Å². The Morgan fingerprint density at radius 1 is 1.24 bits per heavy atom. The highest BCUT2D eigenvalue weighted by atomic mass is 32.2. The molecule has 1 aromatic heterocycles. The van der Waals surface area contributed by atoms with Crippen molar-refractivity contribution in [3.8, 4) is 0 Å². The van der Waals surface area contributed by atoms with Gasteiger partial charge in [0.05, 0.1) is 4.90 Å². The molecule has 0 atom stereocenters. The lowest BCUT2D eigenvalue weighted by Crippen LogP contribution is -2.35. The molecule has 0 bridgehead atoms. The standard InChI is InChI=1S/C15H27N3O2S/c1-2-18-12-15(10-14(18)11-16)21(19,20)17-13-8-6-4-3-5-7-9-13/h10,12-13,17H,2-9,11,16H2,1H3. The molecule has 1 aliphatic rings. The number of nitrogens with zero attached hydrogens (tertiary/aromatic N) is 1. The topological polar surface area (TPSA) is 77.1 Å². The van der Waals surface area contributed by atoms with Crippen LogP contribution in [0.15, 0.2) is 17.2 Å². The van der Waals surface area contributed by atoms with Gasteiger partial charge in [-0.3, -0.25) is 0 Å². The fourth-order valence-electron chi connectivity index (χ4n) is 3.00. The minimum Gasteiger partial charge on any atom is -0.349 e. The summed E-state index contributed by atoms with van der Waals surface area (Å²) in [5, 5.41) is 0. The van der Waals surface area contributed by atoms with Gasteiger partial charge in [-0.25, -0.2) is 13.1 Å². The molecular formula is C15H27N3O2S. The molecule has 21 heavy (non-hydrogen) atoms. The van der Waals surface area contributed by atoms with Crippen LogP contribution in [0.3, 0.4) is 0 Å². The molecular weight excluding hydrogens is 286 g/mol. The summed E-state index contributed by atoms with van der Waals surface area (Å²) in [4.78, 5) is 0.340. The Bertz CT molecular complexity index is 522. The smallest absolute Gasteiger partial charge is 0.242 e. The highest BCUT2D eigenvalue weighted by molar-refractivity contribution is 7.89. The van der Waals surface area contributed by atoms with Gasteiger partial charge in [0.1, 0.15) is 0 Å². The monoisotopic (exact) mass is 313 g/mol. The van der Waals surface area contributed by atoms with Gasteiger partial charge in [-0.1, -0.05) is 32.1 Å². The number of rotatable bonds is 5. The van der Waals surface area contributed by atoms with Gasteiger partial charge in [-0.05, 0) is 25.8 Å². The number of sulfonamides is 1. The molecule has 6 heteroatoms. The van der Waals surface area contributed by atoms with E-state index in [1.165, 1.54) is 19.3 Å². The van der Waals surface area contributed by atoms with Gasteiger partial charge < -0.3 is 10.3 Å². The Morgan fingerprint density at radius 3 is 2.38 bits per heavy atom. The third-order valence-electron chi connectivity index (χ3n) is 4.25. The number of aryl methyl sites for hydroxylation is 1. The van der Waals surface area contributed by atoms with Crippen molar-refractivity contribution < 1.29 is 8.42 Å². The predicted molar refractivity (Wildman–Crippen MR) is 84.4 cm³/mol. The molecule has 0 amide bonds. The maximum atomic E-state index is 12.5. The van der Waals surface area contributed by atoms with Crippen LogP contribution in [0.1, 0.15) is 57.6 Å². The minimum absolute atomic E-state index is 0.0709. The molecule has 0 aliphatic heterocycles. The maximum absolute atomic E-state index is 12.5. The molecule has 120 valence electrons. The van der Waals surface area contributed by atoms with Crippen LogP contribution in [0.5, 0.6) is 0 Å². The zero-order chi connectivity index (χ0) is 15.3. The average molecular weight is 313 g/mol. The average Bonchev–Trinajstić information content (AvgIpc) is 2.85. The van der Waals surface area contributed by atoms with Gasteiger partial charge in [-0.15, -0.1) is 0 Å². The molecule has 1 aromatic rings. The van der Waals surface area contributed by atoms with Crippen molar-refractivity contribution in [3.63, 3.8) is 0 Å². The van der Waals surface area contributed by atoms with E-state index in [4.69, 9.17) is 5.73 Å². The van der Waals surface area contributed by atoms with E-state index in [2.05, 4.69) is 4.72 Å². The second-order valence-corrected chi connectivity index (χ2v) is 7.53. The van der Waals surface area contributed by atoms with Crippen LogP contribution >= 0.6 is 0 Å². The highest BCUT2D eigenvalue weighted by Crippen LogP contribution is 2.20. The summed E-state index contributed by atoms with van der Waals surface area (Å²) in [7, 11) is -3.44. The number of hydrogen-bond acceptors (Lipinski definition) is 3. The third kappa shape index (κ3) is 4.31. The summed E-state index contributed by atoms with van der Waals surface area (Å²) in [5.74, 6) is 0. The second kappa shape index (κ2) is 7.42. The lowest BCUT2D eigenvalue weighted by molar-refractivity contribution is 0.426. The Morgan fingerprint density at radius 2 is 1.86 bits per heavy atom. The van der Waals surface area contributed by atoms with Gasteiger partial charge in [0.15, 0.2) is 0 Å². The number of hydrogen-bond donors (Lipinski definition) is 2. The van der Waals surface area contributed by atoms with Crippen molar-refractivity contribution in [1.29, 1.82) is 0 Å². The zero-order valence-corrected chi connectivity index (χ0v) is 13.7. The molecule has 1 heterocycles. The van der Waals surface area contributed by atoms with Crippen molar-refractivity contribution in [2.75, 3.05) is 0 Å². The van der Waals surface area contributed by atoms with Gasteiger partial charge in [0.25, 0.3) is 0 Å². The Balaban J connectivity index is 2.11. The van der Waals surface area contributed by atoms with E-state index in [1.807, 2.05) is 11.5 Å². The van der Waals surface area contributed by atoms with Crippen LogP contribution in [-0.2, 0) is 23.1 Å². The van der Waals surface area contributed by atoms with Crippen molar-refractivity contribution in [2.45, 2.75) is 75.9 Å². The highest BCUT2D eigenvalue weighted by Gasteiger charge is 2.22. The molecule has 0 radical (unpaired) electrons. The lowest BCUT2D eigenvalue weighted by Gasteiger charge is -2.20. The number of nitrogens with two attached hydrogens (primary N) is 1. The summed E-state index contributed by atoms with van der Waals surface area (Å²) in [5.41, 5.74) is 6.53. The predicted octanol–water partition coefficient (Wildman–Crippen LogP) is 2.36. The summed E-state index contributed by atoms with van der Waals surface area (Å²) >= 11 is 0. The van der Waals surface area contributed by atoms with Crippen LogP contribution in [0.2, 0.25) is 0 Å². The summed E-state index contributed by atoms with van der Waals surface area (Å²) in [6, 6.07) is 1.76. The van der Waals surface area contributed by atoms with Gasteiger partial charge in [-0.2, -0.15) is 0 Å². The van der Waals surface area contributed by atoms with E-state index in [0.29, 0.717) is 11.4 Å². The Labute approximate surface area is 128 Å². The largest absolute Gasteiger partial charge is 0.349 e. The molecule has 0 spiro atoms.